The highest BCUT2D eigenvalue weighted by atomic mass is 16.3. The van der Waals surface area contributed by atoms with Crippen molar-refractivity contribution in [1.82, 2.24) is 14.8 Å². The van der Waals surface area contributed by atoms with E-state index >= 15 is 0 Å². The van der Waals surface area contributed by atoms with Crippen molar-refractivity contribution in [2.75, 3.05) is 6.61 Å². The minimum atomic E-state index is -0.608. The molecular weight excluding hydrogens is 442 g/mol. The zero-order valence-corrected chi connectivity index (χ0v) is 19.7. The molecule has 35 heavy (non-hydrogen) atoms. The van der Waals surface area contributed by atoms with E-state index in [2.05, 4.69) is 11.4 Å². The Bertz CT molecular complexity index is 1250. The molecule has 2 aromatic rings. The fourth-order valence-electron chi connectivity index (χ4n) is 6.42. The van der Waals surface area contributed by atoms with Gasteiger partial charge in [-0.15, -0.1) is 0 Å². The van der Waals surface area contributed by atoms with Crippen LogP contribution in [0, 0.1) is 11.8 Å². The second-order valence-electron chi connectivity index (χ2n) is 10.3. The molecular formula is C28H31N3O4. The van der Waals surface area contributed by atoms with E-state index in [9.17, 15) is 19.5 Å². The zero-order chi connectivity index (χ0) is 24.1. The monoisotopic (exact) mass is 473 g/mol. The molecule has 1 aromatic carbocycles. The van der Waals surface area contributed by atoms with E-state index in [1.165, 1.54) is 0 Å². The summed E-state index contributed by atoms with van der Waals surface area (Å²) in [5.74, 6) is -1.35. The number of carbonyl (C=O) groups excluding carboxylic acids is 2. The predicted octanol–water partition coefficient (Wildman–Crippen LogP) is 2.89. The number of aliphatic hydroxyl groups excluding tert-OH is 1. The molecule has 6 rings (SSSR count). The fraction of sp³-hybridized carbons (Fsp3) is 0.464. The molecule has 2 bridgehead atoms. The van der Waals surface area contributed by atoms with E-state index in [1.54, 1.807) is 21.6 Å². The number of pyridine rings is 1. The topological polar surface area (TPSA) is 91.6 Å². The van der Waals surface area contributed by atoms with Gasteiger partial charge in [0.05, 0.1) is 18.0 Å². The average Bonchev–Trinajstić information content (AvgIpc) is 3.46. The van der Waals surface area contributed by atoms with Crippen LogP contribution in [0.15, 0.2) is 53.3 Å². The van der Waals surface area contributed by atoms with Gasteiger partial charge in [0.2, 0.25) is 5.91 Å². The Labute approximate surface area is 204 Å². The first-order valence-corrected chi connectivity index (χ1v) is 12.8. The zero-order valence-electron chi connectivity index (χ0n) is 19.7. The summed E-state index contributed by atoms with van der Waals surface area (Å²) in [5, 5.41) is 13.6. The molecule has 0 radical (unpaired) electrons. The second kappa shape index (κ2) is 8.79. The summed E-state index contributed by atoms with van der Waals surface area (Å²) in [6.07, 6.45) is 8.08. The summed E-state index contributed by atoms with van der Waals surface area (Å²) in [5.41, 5.74) is 2.96. The summed E-state index contributed by atoms with van der Waals surface area (Å²) in [6.45, 7) is 0.0615. The maximum atomic E-state index is 13.8. The van der Waals surface area contributed by atoms with Crippen LogP contribution in [0.3, 0.4) is 0 Å². The lowest BCUT2D eigenvalue weighted by atomic mass is 9.85. The first-order valence-electron chi connectivity index (χ1n) is 12.8. The predicted molar refractivity (Wildman–Crippen MR) is 132 cm³/mol. The molecule has 2 fully saturated rings. The molecule has 7 heteroatoms. The number of fused-ring (bicyclic) bond motifs is 4. The maximum Gasteiger partial charge on any atom is 0.258 e. The molecule has 3 heterocycles. The third-order valence-corrected chi connectivity index (χ3v) is 8.44. The number of aromatic nitrogens is 1. The molecule has 2 amide bonds. The van der Waals surface area contributed by atoms with Crippen molar-refractivity contribution < 1.29 is 14.7 Å². The lowest BCUT2D eigenvalue weighted by Gasteiger charge is -2.38. The highest BCUT2D eigenvalue weighted by molar-refractivity contribution is 5.96. The lowest BCUT2D eigenvalue weighted by molar-refractivity contribution is -0.128. The Morgan fingerprint density at radius 1 is 1.06 bits per heavy atom. The summed E-state index contributed by atoms with van der Waals surface area (Å²) in [7, 11) is 0. The number of allylic oxidation sites excluding steroid dienone is 2. The van der Waals surface area contributed by atoms with Gasteiger partial charge in [-0.25, -0.2) is 0 Å². The van der Waals surface area contributed by atoms with Crippen LogP contribution in [0.1, 0.15) is 66.2 Å². The van der Waals surface area contributed by atoms with Gasteiger partial charge < -0.3 is 19.9 Å². The molecule has 7 nitrogen and oxygen atoms in total. The molecule has 0 unspecified atom stereocenters. The SMILES string of the molecule is O=C(NC1CCC1)[C@H]1[C@H](CO)[C@H]2Cn3c(ccc(C4=CCCC4)c3=O)[C@@H]1N2C(=O)c1ccccc1. The molecule has 1 saturated carbocycles. The first-order chi connectivity index (χ1) is 17.1. The molecule has 0 spiro atoms. The summed E-state index contributed by atoms with van der Waals surface area (Å²) in [4.78, 5) is 42.7. The normalized spacial score (nSPS) is 27.2. The van der Waals surface area contributed by atoms with Crippen LogP contribution < -0.4 is 10.9 Å². The Morgan fingerprint density at radius 2 is 1.86 bits per heavy atom. The van der Waals surface area contributed by atoms with Crippen molar-refractivity contribution in [1.29, 1.82) is 0 Å². The van der Waals surface area contributed by atoms with Crippen molar-refractivity contribution in [2.45, 2.75) is 63.2 Å². The van der Waals surface area contributed by atoms with Crippen molar-refractivity contribution in [3.63, 3.8) is 0 Å². The Balaban J connectivity index is 1.46. The number of carbonyl (C=O) groups is 2. The van der Waals surface area contributed by atoms with Crippen LogP contribution in [0.2, 0.25) is 0 Å². The Hall–Kier alpha value is -3.19. The van der Waals surface area contributed by atoms with Gasteiger partial charge in [-0.05, 0) is 68.4 Å². The highest BCUT2D eigenvalue weighted by Gasteiger charge is 2.57. The van der Waals surface area contributed by atoms with Crippen molar-refractivity contribution in [2.24, 2.45) is 11.8 Å². The Kier molecular flexibility index (Phi) is 5.60. The van der Waals surface area contributed by atoms with Crippen LogP contribution in [-0.2, 0) is 11.3 Å². The maximum absolute atomic E-state index is 13.8. The first kappa shape index (κ1) is 22.3. The number of nitrogens with one attached hydrogen (secondary N) is 1. The van der Waals surface area contributed by atoms with Crippen LogP contribution in [0.25, 0.3) is 5.57 Å². The molecule has 4 atom stereocenters. The number of benzene rings is 1. The number of hydrogen-bond acceptors (Lipinski definition) is 4. The standard InChI is InChI=1S/C28H31N3O4/c32-16-21-23-15-30-22(14-13-20(28(30)35)17-7-4-5-8-17)25(24(21)26(33)29-19-11-6-12-19)31(23)27(34)18-9-2-1-3-10-18/h1-3,7,9-10,13-14,19,21,23-25,32H,4-6,8,11-12,15-16H2,(H,29,33)/t21-,23-,24+,25+/m1/s1. The van der Waals surface area contributed by atoms with E-state index in [0.717, 1.165) is 44.1 Å². The number of hydrogen-bond donors (Lipinski definition) is 2. The molecule has 182 valence electrons. The summed E-state index contributed by atoms with van der Waals surface area (Å²) >= 11 is 0. The lowest BCUT2D eigenvalue weighted by Crippen LogP contribution is -2.49. The van der Waals surface area contributed by atoms with E-state index in [-0.39, 0.29) is 36.6 Å². The molecule has 2 aliphatic carbocycles. The number of amides is 2. The molecule has 1 aromatic heterocycles. The van der Waals surface area contributed by atoms with E-state index < -0.39 is 23.9 Å². The van der Waals surface area contributed by atoms with Gasteiger partial charge in [0.1, 0.15) is 0 Å². The summed E-state index contributed by atoms with van der Waals surface area (Å²) in [6, 6.07) is 12.0. The average molecular weight is 474 g/mol. The number of nitrogens with zero attached hydrogens (tertiary/aromatic N) is 2. The van der Waals surface area contributed by atoms with Gasteiger partial charge in [0.25, 0.3) is 11.5 Å². The molecule has 4 aliphatic rings. The fourth-order valence-corrected chi connectivity index (χ4v) is 6.42. The number of aliphatic hydroxyl groups is 1. The van der Waals surface area contributed by atoms with Crippen LogP contribution in [0.4, 0.5) is 0 Å². The van der Waals surface area contributed by atoms with Gasteiger partial charge in [0.15, 0.2) is 0 Å². The van der Waals surface area contributed by atoms with E-state index in [1.807, 2.05) is 30.3 Å². The third-order valence-electron chi connectivity index (χ3n) is 8.44. The van der Waals surface area contributed by atoms with E-state index in [4.69, 9.17) is 0 Å². The van der Waals surface area contributed by atoms with Gasteiger partial charge >= 0.3 is 0 Å². The van der Waals surface area contributed by atoms with Crippen molar-refractivity contribution in [3.8, 4) is 0 Å². The van der Waals surface area contributed by atoms with Gasteiger partial charge in [-0.2, -0.15) is 0 Å². The quantitative estimate of drug-likeness (QED) is 0.699. The smallest absolute Gasteiger partial charge is 0.258 e. The second-order valence-corrected chi connectivity index (χ2v) is 10.3. The van der Waals surface area contributed by atoms with Crippen LogP contribution in [-0.4, -0.2) is 45.1 Å². The van der Waals surface area contributed by atoms with Gasteiger partial charge in [-0.1, -0.05) is 24.3 Å². The molecule has 1 saturated heterocycles. The van der Waals surface area contributed by atoms with Crippen molar-refractivity contribution in [3.05, 3.63) is 75.7 Å². The van der Waals surface area contributed by atoms with Crippen LogP contribution >= 0.6 is 0 Å². The van der Waals surface area contributed by atoms with Crippen molar-refractivity contribution >= 4 is 17.4 Å². The van der Waals surface area contributed by atoms with Gasteiger partial charge in [-0.3, -0.25) is 14.4 Å². The molecule has 2 aliphatic heterocycles. The van der Waals surface area contributed by atoms with Gasteiger partial charge in [0, 0.05) is 41.9 Å². The summed E-state index contributed by atoms with van der Waals surface area (Å²) < 4.78 is 1.76. The molecule has 2 N–H and O–H groups in total. The largest absolute Gasteiger partial charge is 0.396 e. The minimum absolute atomic E-state index is 0.0609. The Morgan fingerprint density at radius 3 is 2.51 bits per heavy atom. The number of rotatable bonds is 5. The van der Waals surface area contributed by atoms with Crippen LogP contribution in [0.5, 0.6) is 0 Å². The minimum Gasteiger partial charge on any atom is -0.396 e. The van der Waals surface area contributed by atoms with E-state index in [0.29, 0.717) is 16.8 Å². The third kappa shape index (κ3) is 3.56. The highest BCUT2D eigenvalue weighted by Crippen LogP contribution is 2.49.